The largest absolute Gasteiger partial charge is 0.484 e. The summed E-state index contributed by atoms with van der Waals surface area (Å²) in [4.78, 5) is 2.01. The highest BCUT2D eigenvalue weighted by Crippen LogP contribution is 2.22. The van der Waals surface area contributed by atoms with Crippen LogP contribution < -0.4 is 9.64 Å². The first-order valence-corrected chi connectivity index (χ1v) is 7.48. The number of hydrogen-bond donors (Lipinski definition) is 0. The van der Waals surface area contributed by atoms with Crippen LogP contribution in [0.25, 0.3) is 11.5 Å². The number of nitrogens with zero attached hydrogens (tertiary/aromatic N) is 3. The molecule has 23 heavy (non-hydrogen) atoms. The summed E-state index contributed by atoms with van der Waals surface area (Å²) < 4.78 is 11.3. The van der Waals surface area contributed by atoms with Crippen LogP contribution in [-0.4, -0.2) is 24.3 Å². The molecule has 0 N–H and O–H groups in total. The van der Waals surface area contributed by atoms with Crippen LogP contribution in [0.3, 0.4) is 0 Å². The highest BCUT2D eigenvalue weighted by Gasteiger charge is 2.09. The molecule has 0 amide bonds. The number of aromatic nitrogens is 2. The normalized spacial score (nSPS) is 10.6. The molecular formula is C17H16ClN3O2. The maximum Gasteiger partial charge on any atom is 0.254 e. The molecule has 0 saturated carbocycles. The zero-order valence-electron chi connectivity index (χ0n) is 12.9. The van der Waals surface area contributed by atoms with Crippen molar-refractivity contribution in [3.63, 3.8) is 0 Å². The molecule has 0 radical (unpaired) electrons. The van der Waals surface area contributed by atoms with E-state index in [-0.39, 0.29) is 6.61 Å². The van der Waals surface area contributed by atoms with Crippen molar-refractivity contribution in [1.29, 1.82) is 0 Å². The molecule has 1 aromatic heterocycles. The molecule has 0 atom stereocenters. The van der Waals surface area contributed by atoms with Gasteiger partial charge in [0.1, 0.15) is 5.75 Å². The molecule has 0 bridgehead atoms. The lowest BCUT2D eigenvalue weighted by Gasteiger charge is -2.13. The van der Waals surface area contributed by atoms with Gasteiger partial charge in [-0.2, -0.15) is 0 Å². The molecule has 6 heteroatoms. The van der Waals surface area contributed by atoms with Gasteiger partial charge < -0.3 is 14.1 Å². The standard InChI is InChI=1S/C17H16ClN3O2/c1-21(2)14-4-3-5-15(10-14)22-11-16-19-20-17(23-16)12-6-8-13(18)9-7-12/h3-10H,11H2,1-2H3. The van der Waals surface area contributed by atoms with E-state index in [0.29, 0.717) is 16.8 Å². The van der Waals surface area contributed by atoms with Gasteiger partial charge in [0, 0.05) is 36.4 Å². The summed E-state index contributed by atoms with van der Waals surface area (Å²) in [5.74, 6) is 1.62. The Bertz CT molecular complexity index is 785. The summed E-state index contributed by atoms with van der Waals surface area (Å²) in [7, 11) is 3.96. The summed E-state index contributed by atoms with van der Waals surface area (Å²) in [6, 6.07) is 15.0. The van der Waals surface area contributed by atoms with E-state index in [2.05, 4.69) is 10.2 Å². The highest BCUT2D eigenvalue weighted by atomic mass is 35.5. The first-order valence-electron chi connectivity index (χ1n) is 7.10. The van der Waals surface area contributed by atoms with Crippen LogP contribution in [-0.2, 0) is 6.61 Å². The molecule has 0 aliphatic heterocycles. The lowest BCUT2D eigenvalue weighted by atomic mass is 10.2. The first-order chi connectivity index (χ1) is 11.1. The molecule has 0 aliphatic rings. The fourth-order valence-corrected chi connectivity index (χ4v) is 2.14. The Morgan fingerprint density at radius 1 is 1.09 bits per heavy atom. The SMILES string of the molecule is CN(C)c1cccc(OCc2nnc(-c3ccc(Cl)cc3)o2)c1. The van der Waals surface area contributed by atoms with Gasteiger partial charge in [-0.05, 0) is 36.4 Å². The molecule has 0 saturated heterocycles. The van der Waals surface area contributed by atoms with Gasteiger partial charge in [-0.3, -0.25) is 0 Å². The lowest BCUT2D eigenvalue weighted by Crippen LogP contribution is -2.08. The Balaban J connectivity index is 1.67. The van der Waals surface area contributed by atoms with Gasteiger partial charge in [-0.25, -0.2) is 0 Å². The Labute approximate surface area is 139 Å². The Hall–Kier alpha value is -2.53. The van der Waals surface area contributed by atoms with Crippen LogP contribution in [0.2, 0.25) is 5.02 Å². The highest BCUT2D eigenvalue weighted by molar-refractivity contribution is 6.30. The van der Waals surface area contributed by atoms with Crippen molar-refractivity contribution >= 4 is 17.3 Å². The second-order valence-corrected chi connectivity index (χ2v) is 5.62. The summed E-state index contributed by atoms with van der Waals surface area (Å²) in [6.45, 7) is 0.220. The summed E-state index contributed by atoms with van der Waals surface area (Å²) in [5, 5.41) is 8.69. The topological polar surface area (TPSA) is 51.4 Å². The van der Waals surface area contributed by atoms with Gasteiger partial charge >= 0.3 is 0 Å². The lowest BCUT2D eigenvalue weighted by molar-refractivity contribution is 0.264. The van der Waals surface area contributed by atoms with Crippen molar-refractivity contribution in [1.82, 2.24) is 10.2 Å². The predicted molar refractivity (Wildman–Crippen MR) is 89.8 cm³/mol. The number of ether oxygens (including phenoxy) is 1. The number of anilines is 1. The van der Waals surface area contributed by atoms with Crippen molar-refractivity contribution in [3.8, 4) is 17.2 Å². The molecular weight excluding hydrogens is 314 g/mol. The van der Waals surface area contributed by atoms with Gasteiger partial charge in [0.2, 0.25) is 5.89 Å². The third-order valence-electron chi connectivity index (χ3n) is 3.25. The summed E-state index contributed by atoms with van der Waals surface area (Å²) >= 11 is 5.87. The number of rotatable bonds is 5. The third kappa shape index (κ3) is 3.81. The fourth-order valence-electron chi connectivity index (χ4n) is 2.02. The van der Waals surface area contributed by atoms with Crippen molar-refractivity contribution < 1.29 is 9.15 Å². The van der Waals surface area contributed by atoms with Crippen LogP contribution >= 0.6 is 11.6 Å². The van der Waals surface area contributed by atoms with Crippen LogP contribution in [0.5, 0.6) is 5.75 Å². The Morgan fingerprint density at radius 2 is 1.87 bits per heavy atom. The van der Waals surface area contributed by atoms with E-state index in [0.717, 1.165) is 17.0 Å². The van der Waals surface area contributed by atoms with Gasteiger partial charge in [-0.1, -0.05) is 17.7 Å². The number of benzene rings is 2. The van der Waals surface area contributed by atoms with Gasteiger partial charge in [0.05, 0.1) is 0 Å². The van der Waals surface area contributed by atoms with Crippen LogP contribution in [0, 0.1) is 0 Å². The molecule has 5 nitrogen and oxygen atoms in total. The molecule has 0 fully saturated rings. The molecule has 0 spiro atoms. The molecule has 1 heterocycles. The van der Waals surface area contributed by atoms with Crippen LogP contribution in [0.1, 0.15) is 5.89 Å². The summed E-state index contributed by atoms with van der Waals surface area (Å²) in [6.07, 6.45) is 0. The van der Waals surface area contributed by atoms with Gasteiger partial charge in [0.15, 0.2) is 6.61 Å². The third-order valence-corrected chi connectivity index (χ3v) is 3.51. The predicted octanol–water partition coefficient (Wildman–Crippen LogP) is 4.04. The Kier molecular flexibility index (Phi) is 4.48. The minimum absolute atomic E-state index is 0.220. The van der Waals surface area contributed by atoms with Gasteiger partial charge in [-0.15, -0.1) is 10.2 Å². The smallest absolute Gasteiger partial charge is 0.254 e. The van der Waals surface area contributed by atoms with E-state index in [4.69, 9.17) is 20.8 Å². The number of hydrogen-bond acceptors (Lipinski definition) is 5. The Morgan fingerprint density at radius 3 is 2.61 bits per heavy atom. The zero-order chi connectivity index (χ0) is 16.2. The fraction of sp³-hybridized carbons (Fsp3) is 0.176. The zero-order valence-corrected chi connectivity index (χ0v) is 13.6. The van der Waals surface area contributed by atoms with E-state index in [1.165, 1.54) is 0 Å². The molecule has 3 aromatic rings. The second-order valence-electron chi connectivity index (χ2n) is 5.19. The van der Waals surface area contributed by atoms with Crippen molar-refractivity contribution in [2.45, 2.75) is 6.61 Å². The van der Waals surface area contributed by atoms with E-state index in [1.54, 1.807) is 12.1 Å². The second kappa shape index (κ2) is 6.71. The maximum absolute atomic E-state index is 5.87. The van der Waals surface area contributed by atoms with Crippen molar-refractivity contribution in [2.75, 3.05) is 19.0 Å². The van der Waals surface area contributed by atoms with Gasteiger partial charge in [0.25, 0.3) is 5.89 Å². The van der Waals surface area contributed by atoms with Crippen molar-refractivity contribution in [2.24, 2.45) is 0 Å². The molecule has 0 aliphatic carbocycles. The monoisotopic (exact) mass is 329 g/mol. The van der Waals surface area contributed by atoms with E-state index >= 15 is 0 Å². The van der Waals surface area contributed by atoms with E-state index < -0.39 is 0 Å². The minimum atomic E-state index is 0.220. The molecule has 2 aromatic carbocycles. The van der Waals surface area contributed by atoms with Crippen LogP contribution in [0.15, 0.2) is 52.9 Å². The molecule has 3 rings (SSSR count). The maximum atomic E-state index is 5.87. The molecule has 0 unspecified atom stereocenters. The van der Waals surface area contributed by atoms with Crippen molar-refractivity contribution in [3.05, 3.63) is 59.4 Å². The average Bonchev–Trinajstić information content (AvgIpc) is 3.03. The first kappa shape index (κ1) is 15.4. The summed E-state index contributed by atoms with van der Waals surface area (Å²) in [5.41, 5.74) is 1.89. The average molecular weight is 330 g/mol. The van der Waals surface area contributed by atoms with Crippen LogP contribution in [0.4, 0.5) is 5.69 Å². The van der Waals surface area contributed by atoms with E-state index in [1.807, 2.05) is 55.4 Å². The quantitative estimate of drug-likeness (QED) is 0.707. The molecule has 118 valence electrons. The minimum Gasteiger partial charge on any atom is -0.484 e. The van der Waals surface area contributed by atoms with E-state index in [9.17, 15) is 0 Å². The number of halogens is 1.